The Morgan fingerprint density at radius 3 is 2.88 bits per heavy atom. The van der Waals surface area contributed by atoms with Gasteiger partial charge >= 0.3 is 0 Å². The molecule has 3 aliphatic rings. The van der Waals surface area contributed by atoms with Crippen LogP contribution in [0.2, 0.25) is 0 Å². The molecule has 17 heavy (non-hydrogen) atoms. The summed E-state index contributed by atoms with van der Waals surface area (Å²) in [6.07, 6.45) is 5.97. The van der Waals surface area contributed by atoms with Crippen molar-refractivity contribution in [1.29, 1.82) is 0 Å². The van der Waals surface area contributed by atoms with Crippen LogP contribution in [0.4, 0.5) is 0 Å². The Hall–Kier alpha value is -0.120. The van der Waals surface area contributed by atoms with Gasteiger partial charge in [0, 0.05) is 19.1 Å². The molecule has 0 aromatic heterocycles. The molecule has 0 amide bonds. The van der Waals surface area contributed by atoms with Crippen LogP contribution in [0.5, 0.6) is 0 Å². The van der Waals surface area contributed by atoms with Crippen molar-refractivity contribution in [1.82, 2.24) is 10.2 Å². The van der Waals surface area contributed by atoms with E-state index in [2.05, 4.69) is 17.1 Å². The third-order valence-corrected chi connectivity index (χ3v) is 4.99. The molecule has 1 saturated carbocycles. The summed E-state index contributed by atoms with van der Waals surface area (Å²) in [5.74, 6) is 1.76. The second-order valence-corrected chi connectivity index (χ2v) is 6.15. The highest BCUT2D eigenvalue weighted by molar-refractivity contribution is 4.89. The van der Waals surface area contributed by atoms with Gasteiger partial charge in [-0.2, -0.15) is 0 Å². The second kappa shape index (κ2) is 5.25. The lowest BCUT2D eigenvalue weighted by atomic mass is 9.86. The molecular weight excluding hydrogens is 212 g/mol. The number of hydrogen-bond donors (Lipinski definition) is 1. The van der Waals surface area contributed by atoms with Crippen molar-refractivity contribution in [2.45, 2.75) is 44.8 Å². The van der Waals surface area contributed by atoms with Gasteiger partial charge in [-0.1, -0.05) is 19.8 Å². The van der Waals surface area contributed by atoms with E-state index in [9.17, 15) is 0 Å². The maximum atomic E-state index is 5.94. The molecule has 1 N–H and O–H groups in total. The third kappa shape index (κ3) is 2.51. The molecule has 3 heteroatoms. The molecule has 98 valence electrons. The zero-order chi connectivity index (χ0) is 11.7. The number of rotatable bonds is 3. The van der Waals surface area contributed by atoms with Crippen LogP contribution in [0.25, 0.3) is 0 Å². The Balaban J connectivity index is 1.56. The molecule has 0 bridgehead atoms. The van der Waals surface area contributed by atoms with Gasteiger partial charge in [-0.05, 0) is 37.8 Å². The maximum absolute atomic E-state index is 5.94. The third-order valence-electron chi connectivity index (χ3n) is 4.99. The van der Waals surface area contributed by atoms with Gasteiger partial charge < -0.3 is 10.1 Å². The average molecular weight is 238 g/mol. The van der Waals surface area contributed by atoms with E-state index in [1.54, 1.807) is 0 Å². The van der Waals surface area contributed by atoms with E-state index in [0.29, 0.717) is 6.10 Å². The largest absolute Gasteiger partial charge is 0.375 e. The number of hydrogen-bond acceptors (Lipinski definition) is 3. The van der Waals surface area contributed by atoms with Crippen LogP contribution in [0.1, 0.15) is 32.6 Å². The highest BCUT2D eigenvalue weighted by Gasteiger charge is 2.35. The van der Waals surface area contributed by atoms with E-state index in [0.717, 1.165) is 31.0 Å². The van der Waals surface area contributed by atoms with Crippen molar-refractivity contribution in [3.8, 4) is 0 Å². The highest BCUT2D eigenvalue weighted by atomic mass is 16.5. The molecule has 0 spiro atoms. The van der Waals surface area contributed by atoms with Gasteiger partial charge in [-0.25, -0.2) is 0 Å². The first-order valence-corrected chi connectivity index (χ1v) is 7.41. The van der Waals surface area contributed by atoms with Gasteiger partial charge in [-0.3, -0.25) is 4.90 Å². The maximum Gasteiger partial charge on any atom is 0.0730 e. The molecule has 1 aliphatic carbocycles. The Morgan fingerprint density at radius 2 is 2.12 bits per heavy atom. The Bertz CT molecular complexity index is 253. The van der Waals surface area contributed by atoms with Crippen LogP contribution in [0.15, 0.2) is 0 Å². The molecule has 3 rings (SSSR count). The molecular formula is C14H26N2O. The van der Waals surface area contributed by atoms with Gasteiger partial charge in [0.25, 0.3) is 0 Å². The summed E-state index contributed by atoms with van der Waals surface area (Å²) in [5, 5.41) is 3.39. The van der Waals surface area contributed by atoms with Crippen molar-refractivity contribution in [2.24, 2.45) is 11.8 Å². The number of nitrogens with one attached hydrogen (secondary N) is 1. The summed E-state index contributed by atoms with van der Waals surface area (Å²) in [5.41, 5.74) is 0. The van der Waals surface area contributed by atoms with Crippen molar-refractivity contribution in [2.75, 3.05) is 32.8 Å². The van der Waals surface area contributed by atoms with Crippen LogP contribution < -0.4 is 5.32 Å². The van der Waals surface area contributed by atoms with Crippen molar-refractivity contribution < 1.29 is 4.74 Å². The molecule has 0 aromatic rings. The summed E-state index contributed by atoms with van der Waals surface area (Å²) in [6.45, 7) is 8.30. The Morgan fingerprint density at radius 1 is 1.29 bits per heavy atom. The lowest BCUT2D eigenvalue weighted by Crippen LogP contribution is -2.56. The number of nitrogens with zero attached hydrogens (tertiary/aromatic N) is 1. The van der Waals surface area contributed by atoms with Gasteiger partial charge in [0.15, 0.2) is 0 Å². The van der Waals surface area contributed by atoms with Crippen molar-refractivity contribution >= 4 is 0 Å². The molecule has 3 nitrogen and oxygen atoms in total. The molecule has 0 aromatic carbocycles. The van der Waals surface area contributed by atoms with Crippen LogP contribution in [0, 0.1) is 11.8 Å². The summed E-state index contributed by atoms with van der Waals surface area (Å²) in [6, 6.07) is 0.730. The predicted octanol–water partition coefficient (Wildman–Crippen LogP) is 1.49. The lowest BCUT2D eigenvalue weighted by Gasteiger charge is -2.46. The Kier molecular flexibility index (Phi) is 3.69. The molecule has 2 heterocycles. The van der Waals surface area contributed by atoms with Gasteiger partial charge in [-0.15, -0.1) is 0 Å². The monoisotopic (exact) mass is 238 g/mol. The first-order chi connectivity index (χ1) is 8.34. The fraction of sp³-hybridized carbons (Fsp3) is 1.00. The molecule has 3 unspecified atom stereocenters. The van der Waals surface area contributed by atoms with Crippen LogP contribution in [-0.4, -0.2) is 49.8 Å². The summed E-state index contributed by atoms with van der Waals surface area (Å²) in [7, 11) is 0. The van der Waals surface area contributed by atoms with Crippen molar-refractivity contribution in [3.05, 3.63) is 0 Å². The van der Waals surface area contributed by atoms with E-state index in [4.69, 9.17) is 4.74 Å². The zero-order valence-electron chi connectivity index (χ0n) is 11.0. The van der Waals surface area contributed by atoms with Crippen LogP contribution in [-0.2, 0) is 4.74 Å². The number of ether oxygens (including phenoxy) is 1. The molecule has 3 fully saturated rings. The minimum Gasteiger partial charge on any atom is -0.375 e. The lowest BCUT2D eigenvalue weighted by molar-refractivity contribution is -0.0939. The number of fused-ring (bicyclic) bond motifs is 1. The van der Waals surface area contributed by atoms with Crippen LogP contribution in [0.3, 0.4) is 0 Å². The van der Waals surface area contributed by atoms with E-state index in [1.165, 1.54) is 45.3 Å². The van der Waals surface area contributed by atoms with E-state index < -0.39 is 0 Å². The SMILES string of the molecule is CC(CN1CCOC2CCCCC21)C1CNC1. The standard InChI is InChI=1S/C14H26N2O/c1-11(12-8-15-9-12)10-16-6-7-17-14-5-3-2-4-13(14)16/h11-15H,2-10H2,1H3. The first kappa shape index (κ1) is 11.9. The Labute approximate surface area is 105 Å². The average Bonchev–Trinajstić information content (AvgIpc) is 2.27. The predicted molar refractivity (Wildman–Crippen MR) is 69.1 cm³/mol. The second-order valence-electron chi connectivity index (χ2n) is 6.15. The normalized spacial score (nSPS) is 37.2. The summed E-state index contributed by atoms with van der Waals surface area (Å²) < 4.78 is 5.94. The van der Waals surface area contributed by atoms with Gasteiger partial charge in [0.1, 0.15) is 0 Å². The topological polar surface area (TPSA) is 24.5 Å². The van der Waals surface area contributed by atoms with E-state index >= 15 is 0 Å². The fourth-order valence-corrected chi connectivity index (χ4v) is 3.64. The number of morpholine rings is 1. The van der Waals surface area contributed by atoms with Gasteiger partial charge in [0.05, 0.1) is 12.7 Å². The van der Waals surface area contributed by atoms with Crippen LogP contribution >= 0.6 is 0 Å². The minimum atomic E-state index is 0.546. The fourth-order valence-electron chi connectivity index (χ4n) is 3.64. The van der Waals surface area contributed by atoms with Crippen molar-refractivity contribution in [3.63, 3.8) is 0 Å². The van der Waals surface area contributed by atoms with Gasteiger partial charge in [0.2, 0.25) is 0 Å². The molecule has 2 aliphatic heterocycles. The molecule has 0 radical (unpaired) electrons. The highest BCUT2D eigenvalue weighted by Crippen LogP contribution is 2.30. The molecule has 3 atom stereocenters. The first-order valence-electron chi connectivity index (χ1n) is 7.41. The summed E-state index contributed by atoms with van der Waals surface area (Å²) >= 11 is 0. The summed E-state index contributed by atoms with van der Waals surface area (Å²) in [4.78, 5) is 2.73. The minimum absolute atomic E-state index is 0.546. The molecule has 2 saturated heterocycles. The van der Waals surface area contributed by atoms with E-state index in [1.807, 2.05) is 0 Å². The quantitative estimate of drug-likeness (QED) is 0.806. The smallest absolute Gasteiger partial charge is 0.0730 e. The van der Waals surface area contributed by atoms with E-state index in [-0.39, 0.29) is 0 Å². The zero-order valence-corrected chi connectivity index (χ0v) is 11.0.